The molecule has 0 amide bonds. The maximum atomic E-state index is 11.2. The molecule has 0 saturated carbocycles. The van der Waals surface area contributed by atoms with Gasteiger partial charge in [-0.3, -0.25) is 15.1 Å². The van der Waals surface area contributed by atoms with Gasteiger partial charge in [-0.15, -0.1) is 0 Å². The number of nitro benzene ring substituents is 1. The summed E-state index contributed by atoms with van der Waals surface area (Å²) in [4.78, 5) is 19.3. The van der Waals surface area contributed by atoms with Crippen molar-refractivity contribution >= 4 is 27.9 Å². The van der Waals surface area contributed by atoms with Gasteiger partial charge in [-0.2, -0.15) is 5.10 Å². The SMILES string of the molecule is O=[N+]([O-])c1ccc(NCc2ccnc3ccnn23)c2ncccc12. The van der Waals surface area contributed by atoms with Crippen molar-refractivity contribution < 1.29 is 4.92 Å². The van der Waals surface area contributed by atoms with E-state index in [0.29, 0.717) is 17.4 Å². The fourth-order valence-corrected chi connectivity index (χ4v) is 2.66. The lowest BCUT2D eigenvalue weighted by atomic mass is 10.1. The Morgan fingerprint density at radius 1 is 1.08 bits per heavy atom. The third-order valence-corrected chi connectivity index (χ3v) is 3.77. The van der Waals surface area contributed by atoms with Crippen LogP contribution in [0.25, 0.3) is 16.6 Å². The second kappa shape index (κ2) is 5.58. The molecular formula is C16H12N6O2. The monoisotopic (exact) mass is 320 g/mol. The van der Waals surface area contributed by atoms with Crippen LogP contribution in [0.15, 0.2) is 55.0 Å². The Kier molecular flexibility index (Phi) is 3.27. The van der Waals surface area contributed by atoms with E-state index in [1.807, 2.05) is 12.1 Å². The standard InChI is InChI=1S/C16H12N6O2/c23-22(24)14-4-3-13(16-12(14)2-1-7-18-16)19-10-11-5-8-17-15-6-9-20-21(11)15/h1-9,19H,10H2. The summed E-state index contributed by atoms with van der Waals surface area (Å²) >= 11 is 0. The number of benzene rings is 1. The van der Waals surface area contributed by atoms with Crippen molar-refractivity contribution in [3.63, 3.8) is 0 Å². The minimum atomic E-state index is -0.399. The minimum absolute atomic E-state index is 0.0435. The molecule has 0 atom stereocenters. The van der Waals surface area contributed by atoms with Crippen molar-refractivity contribution in [1.29, 1.82) is 0 Å². The van der Waals surface area contributed by atoms with Crippen LogP contribution in [0.5, 0.6) is 0 Å². The first kappa shape index (κ1) is 14.1. The van der Waals surface area contributed by atoms with Gasteiger partial charge in [0.2, 0.25) is 0 Å². The molecule has 1 N–H and O–H groups in total. The van der Waals surface area contributed by atoms with Gasteiger partial charge < -0.3 is 5.32 Å². The zero-order valence-electron chi connectivity index (χ0n) is 12.5. The summed E-state index contributed by atoms with van der Waals surface area (Å²) in [5, 5.41) is 19.2. The molecule has 3 aromatic heterocycles. The topological polar surface area (TPSA) is 98.2 Å². The molecule has 0 aliphatic heterocycles. The summed E-state index contributed by atoms with van der Waals surface area (Å²) in [6.45, 7) is 0.490. The largest absolute Gasteiger partial charge is 0.378 e. The number of anilines is 1. The van der Waals surface area contributed by atoms with Gasteiger partial charge in [-0.05, 0) is 24.3 Å². The van der Waals surface area contributed by atoms with E-state index in [1.165, 1.54) is 6.07 Å². The lowest BCUT2D eigenvalue weighted by molar-refractivity contribution is -0.383. The van der Waals surface area contributed by atoms with Crippen molar-refractivity contribution in [2.45, 2.75) is 6.54 Å². The molecule has 0 fully saturated rings. The zero-order valence-corrected chi connectivity index (χ0v) is 12.5. The van der Waals surface area contributed by atoms with E-state index < -0.39 is 4.92 Å². The molecule has 0 radical (unpaired) electrons. The van der Waals surface area contributed by atoms with Gasteiger partial charge in [0.15, 0.2) is 5.65 Å². The quantitative estimate of drug-likeness (QED) is 0.458. The second-order valence-electron chi connectivity index (χ2n) is 5.18. The molecule has 0 unspecified atom stereocenters. The summed E-state index contributed by atoms with van der Waals surface area (Å²) in [6.07, 6.45) is 5.03. The van der Waals surface area contributed by atoms with Gasteiger partial charge >= 0.3 is 0 Å². The summed E-state index contributed by atoms with van der Waals surface area (Å²) in [6, 6.07) is 10.2. The maximum absolute atomic E-state index is 11.2. The van der Waals surface area contributed by atoms with Crippen molar-refractivity contribution in [2.24, 2.45) is 0 Å². The van der Waals surface area contributed by atoms with E-state index in [4.69, 9.17) is 0 Å². The van der Waals surface area contributed by atoms with Crippen LogP contribution in [0.1, 0.15) is 5.69 Å². The summed E-state index contributed by atoms with van der Waals surface area (Å²) in [5.41, 5.74) is 3.03. The van der Waals surface area contributed by atoms with Crippen LogP contribution in [0.2, 0.25) is 0 Å². The van der Waals surface area contributed by atoms with E-state index in [2.05, 4.69) is 20.4 Å². The van der Waals surface area contributed by atoms with Gasteiger partial charge in [-0.25, -0.2) is 9.50 Å². The Hall–Kier alpha value is -3.55. The van der Waals surface area contributed by atoms with Crippen molar-refractivity contribution in [3.8, 4) is 0 Å². The highest BCUT2D eigenvalue weighted by molar-refractivity contribution is 5.96. The Morgan fingerprint density at radius 3 is 2.88 bits per heavy atom. The number of nitrogens with one attached hydrogen (secondary N) is 1. The molecule has 0 spiro atoms. The van der Waals surface area contributed by atoms with Crippen molar-refractivity contribution in [1.82, 2.24) is 19.6 Å². The van der Waals surface area contributed by atoms with Crippen molar-refractivity contribution in [2.75, 3.05) is 5.32 Å². The van der Waals surface area contributed by atoms with E-state index in [0.717, 1.165) is 17.0 Å². The highest BCUT2D eigenvalue weighted by atomic mass is 16.6. The number of hydrogen-bond donors (Lipinski definition) is 1. The number of rotatable bonds is 4. The lowest BCUT2D eigenvalue weighted by Gasteiger charge is -2.10. The summed E-state index contributed by atoms with van der Waals surface area (Å²) < 4.78 is 1.74. The average molecular weight is 320 g/mol. The predicted octanol–water partition coefficient (Wildman–Crippen LogP) is 2.80. The fraction of sp³-hybridized carbons (Fsp3) is 0.0625. The highest BCUT2D eigenvalue weighted by Gasteiger charge is 2.15. The molecule has 118 valence electrons. The first-order valence-corrected chi connectivity index (χ1v) is 7.27. The molecule has 24 heavy (non-hydrogen) atoms. The summed E-state index contributed by atoms with van der Waals surface area (Å²) in [7, 11) is 0. The normalized spacial score (nSPS) is 11.0. The Morgan fingerprint density at radius 2 is 2.00 bits per heavy atom. The van der Waals surface area contributed by atoms with Gasteiger partial charge in [0.1, 0.15) is 5.52 Å². The summed E-state index contributed by atoms with van der Waals surface area (Å²) in [5.74, 6) is 0. The molecule has 3 heterocycles. The Bertz CT molecular complexity index is 1060. The molecule has 0 aliphatic rings. The highest BCUT2D eigenvalue weighted by Crippen LogP contribution is 2.29. The zero-order chi connectivity index (χ0) is 16.5. The molecule has 4 aromatic rings. The fourth-order valence-electron chi connectivity index (χ4n) is 2.66. The maximum Gasteiger partial charge on any atom is 0.278 e. The average Bonchev–Trinajstić information content (AvgIpc) is 3.08. The number of fused-ring (bicyclic) bond motifs is 2. The lowest BCUT2D eigenvalue weighted by Crippen LogP contribution is -2.07. The number of non-ortho nitro benzene ring substituents is 1. The van der Waals surface area contributed by atoms with Crippen LogP contribution in [-0.4, -0.2) is 24.5 Å². The van der Waals surface area contributed by atoms with Crippen LogP contribution in [0.4, 0.5) is 11.4 Å². The van der Waals surface area contributed by atoms with E-state index in [1.54, 1.807) is 41.3 Å². The number of aromatic nitrogens is 4. The van der Waals surface area contributed by atoms with E-state index >= 15 is 0 Å². The second-order valence-corrected chi connectivity index (χ2v) is 5.18. The van der Waals surface area contributed by atoms with E-state index in [-0.39, 0.29) is 5.69 Å². The molecule has 1 aromatic carbocycles. The van der Waals surface area contributed by atoms with Gasteiger partial charge in [0, 0.05) is 24.5 Å². The number of nitro groups is 1. The minimum Gasteiger partial charge on any atom is -0.378 e. The molecule has 0 saturated heterocycles. The van der Waals surface area contributed by atoms with Crippen LogP contribution >= 0.6 is 0 Å². The first-order valence-electron chi connectivity index (χ1n) is 7.27. The van der Waals surface area contributed by atoms with Crippen LogP contribution in [0, 0.1) is 10.1 Å². The third kappa shape index (κ3) is 2.30. The smallest absolute Gasteiger partial charge is 0.278 e. The molecule has 0 aliphatic carbocycles. The van der Waals surface area contributed by atoms with Crippen LogP contribution in [-0.2, 0) is 6.54 Å². The number of pyridine rings is 1. The van der Waals surface area contributed by atoms with Crippen molar-refractivity contribution in [3.05, 3.63) is 70.8 Å². The Balaban J connectivity index is 1.72. The molecule has 4 rings (SSSR count). The molecule has 8 heteroatoms. The van der Waals surface area contributed by atoms with E-state index in [9.17, 15) is 10.1 Å². The van der Waals surface area contributed by atoms with Crippen LogP contribution < -0.4 is 5.32 Å². The Labute approximate surface area is 135 Å². The number of nitrogens with zero attached hydrogens (tertiary/aromatic N) is 5. The predicted molar refractivity (Wildman–Crippen MR) is 88.7 cm³/mol. The molecular weight excluding hydrogens is 308 g/mol. The third-order valence-electron chi connectivity index (χ3n) is 3.77. The first-order chi connectivity index (χ1) is 11.7. The van der Waals surface area contributed by atoms with Crippen LogP contribution in [0.3, 0.4) is 0 Å². The molecule has 0 bridgehead atoms. The van der Waals surface area contributed by atoms with Gasteiger partial charge in [0.25, 0.3) is 5.69 Å². The number of hydrogen-bond acceptors (Lipinski definition) is 6. The van der Waals surface area contributed by atoms with Gasteiger partial charge in [-0.1, -0.05) is 0 Å². The van der Waals surface area contributed by atoms with Gasteiger partial charge in [0.05, 0.1) is 34.4 Å². The molecule has 8 nitrogen and oxygen atoms in total.